The highest BCUT2D eigenvalue weighted by Crippen LogP contribution is 2.70. The molecule has 0 aliphatic heterocycles. The van der Waals surface area contributed by atoms with Crippen molar-refractivity contribution in [3.8, 4) is 0 Å². The topological polar surface area (TPSA) is 20.2 Å². The Morgan fingerprint density at radius 2 is 1.86 bits per heavy atom. The Kier molecular flexibility index (Phi) is 6.59. The molecule has 8 unspecified atom stereocenters. The van der Waals surface area contributed by atoms with Crippen molar-refractivity contribution in [3.05, 3.63) is 11.6 Å². The van der Waals surface area contributed by atoms with Gasteiger partial charge in [0.25, 0.3) is 0 Å². The van der Waals surface area contributed by atoms with Gasteiger partial charge in [-0.05, 0) is 86.9 Å². The average molecular weight is 610 g/mol. The Bertz CT molecular complexity index is 618. The molecule has 0 aromatic carbocycles. The maximum absolute atomic E-state index is 10.2. The van der Waals surface area contributed by atoms with Gasteiger partial charge in [-0.2, -0.15) is 0 Å². The van der Waals surface area contributed by atoms with Gasteiger partial charge in [-0.15, -0.1) is 0 Å². The molecule has 3 fully saturated rings. The van der Waals surface area contributed by atoms with Gasteiger partial charge in [0.15, 0.2) is 0 Å². The largest absolute Gasteiger partial charge is 0.393 e. The number of hydrogen-bond donors (Lipinski definition) is 1. The van der Waals surface area contributed by atoms with Gasteiger partial charge in [0.1, 0.15) is 0 Å². The molecule has 4 rings (SSSR count). The van der Waals surface area contributed by atoms with E-state index in [4.69, 9.17) is 0 Å². The zero-order valence-electron chi connectivity index (χ0n) is 18.2. The van der Waals surface area contributed by atoms with E-state index in [2.05, 4.69) is 72.0 Å². The lowest BCUT2D eigenvalue weighted by molar-refractivity contribution is 0.00110. The van der Waals surface area contributed by atoms with Crippen molar-refractivity contribution in [3.63, 3.8) is 0 Å². The highest BCUT2D eigenvalue weighted by Gasteiger charge is 2.65. The molecule has 0 heterocycles. The smallest absolute Gasteiger partial charge is 0.0577 e. The summed E-state index contributed by atoms with van der Waals surface area (Å²) in [5.41, 5.74) is 1.99. The first-order chi connectivity index (χ1) is 13.3. The number of alkyl halides is 2. The van der Waals surface area contributed by atoms with Crippen LogP contribution >= 0.6 is 45.2 Å². The minimum absolute atomic E-state index is 0.0828. The van der Waals surface area contributed by atoms with E-state index in [1.54, 1.807) is 5.57 Å². The third kappa shape index (κ3) is 3.38. The summed E-state index contributed by atoms with van der Waals surface area (Å²) in [4.78, 5) is 0. The predicted molar refractivity (Wildman–Crippen MR) is 136 cm³/mol. The monoisotopic (exact) mass is 610 g/mol. The lowest BCUT2D eigenvalue weighted by atomic mass is 9.50. The number of halogens is 2. The Morgan fingerprint density at radius 3 is 2.61 bits per heavy atom. The van der Waals surface area contributed by atoms with Gasteiger partial charge in [0.05, 0.1) is 6.10 Å². The summed E-state index contributed by atoms with van der Waals surface area (Å²) in [5, 5.41) is 10.2. The third-order valence-electron chi connectivity index (χ3n) is 9.61. The van der Waals surface area contributed by atoms with Crippen LogP contribution in [-0.4, -0.2) is 18.1 Å². The molecule has 0 aromatic rings. The van der Waals surface area contributed by atoms with Gasteiger partial charge in [0.2, 0.25) is 0 Å². The number of fused-ring (bicyclic) bond motifs is 5. The van der Waals surface area contributed by atoms with Gasteiger partial charge in [-0.3, -0.25) is 0 Å². The molecule has 160 valence electrons. The fourth-order valence-electron chi connectivity index (χ4n) is 7.86. The Hall–Kier alpha value is 1.16. The number of unbranched alkanes of at least 4 members (excludes halogenated alkanes) is 2. The number of hydrogen-bond acceptors (Lipinski definition) is 1. The summed E-state index contributed by atoms with van der Waals surface area (Å²) >= 11 is 5.92. The van der Waals surface area contributed by atoms with Crippen molar-refractivity contribution >= 4 is 45.2 Å². The van der Waals surface area contributed by atoms with E-state index >= 15 is 0 Å². The third-order valence-corrected chi connectivity index (χ3v) is 15.5. The van der Waals surface area contributed by atoms with Gasteiger partial charge in [-0.25, -0.2) is 0 Å². The summed E-state index contributed by atoms with van der Waals surface area (Å²) in [6.45, 7) is 7.45. The van der Waals surface area contributed by atoms with E-state index in [1.807, 2.05) is 0 Å². The van der Waals surface area contributed by atoms with E-state index in [0.717, 1.165) is 36.5 Å². The minimum atomic E-state index is -0.0828. The quantitative estimate of drug-likeness (QED) is 0.146. The molecule has 0 saturated heterocycles. The van der Waals surface area contributed by atoms with E-state index in [1.165, 1.54) is 64.2 Å². The molecular weight excluding hydrogens is 570 g/mol. The fraction of sp³-hybridized carbons (Fsp3) is 0.920. The highest BCUT2D eigenvalue weighted by atomic mass is 127. The van der Waals surface area contributed by atoms with E-state index in [0.29, 0.717) is 12.3 Å². The molecule has 4 aliphatic carbocycles. The molecule has 0 aromatic heterocycles. The standard InChI is InChI=1S/C25H40I2O/c1-4-5-6-7-17(2)24(26)14-12-22-20-9-8-18-16-19(28)10-13-23(18,3)21(20)11-15-25(22,24)27/h8,17,19-22,28H,4-7,9-16H2,1-3H3. The van der Waals surface area contributed by atoms with E-state index < -0.39 is 0 Å². The molecule has 1 nitrogen and oxygen atoms in total. The lowest BCUT2D eigenvalue weighted by Gasteiger charge is -2.59. The van der Waals surface area contributed by atoms with Gasteiger partial charge < -0.3 is 5.11 Å². The molecular formula is C25H40I2O. The van der Waals surface area contributed by atoms with Crippen molar-refractivity contribution in [2.75, 3.05) is 0 Å². The van der Waals surface area contributed by atoms with Gasteiger partial charge >= 0.3 is 0 Å². The summed E-state index contributed by atoms with van der Waals surface area (Å²) in [7, 11) is 0. The van der Waals surface area contributed by atoms with Crippen molar-refractivity contribution in [2.45, 2.75) is 111 Å². The van der Waals surface area contributed by atoms with Crippen LogP contribution in [0.2, 0.25) is 0 Å². The summed E-state index contributed by atoms with van der Waals surface area (Å²) in [6.07, 6.45) is 18.3. The van der Waals surface area contributed by atoms with Crippen molar-refractivity contribution in [1.82, 2.24) is 0 Å². The van der Waals surface area contributed by atoms with Crippen LogP contribution in [-0.2, 0) is 0 Å². The van der Waals surface area contributed by atoms with E-state index in [9.17, 15) is 5.11 Å². The number of aliphatic hydroxyl groups excluding tert-OH is 1. The zero-order valence-corrected chi connectivity index (χ0v) is 22.5. The van der Waals surface area contributed by atoms with Crippen molar-refractivity contribution in [2.24, 2.45) is 29.1 Å². The molecule has 0 spiro atoms. The normalized spacial score (nSPS) is 49.0. The molecule has 4 aliphatic rings. The first kappa shape index (κ1) is 22.4. The first-order valence-electron chi connectivity index (χ1n) is 12.0. The van der Waals surface area contributed by atoms with Crippen LogP contribution in [0.1, 0.15) is 97.8 Å². The van der Waals surface area contributed by atoms with Crippen molar-refractivity contribution < 1.29 is 5.11 Å². The molecule has 1 N–H and O–H groups in total. The molecule has 0 bridgehead atoms. The van der Waals surface area contributed by atoms with Gasteiger partial charge in [0, 0.05) is 6.84 Å². The fourth-order valence-corrected chi connectivity index (χ4v) is 11.0. The van der Waals surface area contributed by atoms with Crippen LogP contribution in [0.4, 0.5) is 0 Å². The maximum Gasteiger partial charge on any atom is 0.0577 e. The molecule has 3 saturated carbocycles. The van der Waals surface area contributed by atoms with Crippen LogP contribution in [0.5, 0.6) is 0 Å². The van der Waals surface area contributed by atoms with Crippen molar-refractivity contribution in [1.29, 1.82) is 0 Å². The second-order valence-electron chi connectivity index (χ2n) is 10.9. The highest BCUT2D eigenvalue weighted by molar-refractivity contribution is 14.1. The maximum atomic E-state index is 10.2. The summed E-state index contributed by atoms with van der Waals surface area (Å²) in [6, 6.07) is 0. The van der Waals surface area contributed by atoms with Crippen LogP contribution in [0.25, 0.3) is 0 Å². The second kappa shape index (κ2) is 8.26. The lowest BCUT2D eigenvalue weighted by Crippen LogP contribution is -2.56. The van der Waals surface area contributed by atoms with Crippen LogP contribution < -0.4 is 0 Å². The van der Waals surface area contributed by atoms with Gasteiger partial charge in [-0.1, -0.05) is 96.9 Å². The molecule has 0 amide bonds. The average Bonchev–Trinajstić information content (AvgIpc) is 2.95. The zero-order chi connectivity index (χ0) is 20.2. The number of rotatable bonds is 5. The van der Waals surface area contributed by atoms with Crippen LogP contribution in [0, 0.1) is 29.1 Å². The van der Waals surface area contributed by atoms with Crippen LogP contribution in [0.15, 0.2) is 11.6 Å². The number of allylic oxidation sites excluding steroid dienone is 1. The predicted octanol–water partition coefficient (Wildman–Crippen LogP) is 7.87. The first-order valence-corrected chi connectivity index (χ1v) is 14.2. The molecule has 0 radical (unpaired) electrons. The minimum Gasteiger partial charge on any atom is -0.393 e. The molecule has 3 heteroatoms. The Morgan fingerprint density at radius 1 is 1.11 bits per heavy atom. The summed E-state index contributed by atoms with van der Waals surface area (Å²) in [5.74, 6) is 3.49. The van der Waals surface area contributed by atoms with E-state index in [-0.39, 0.29) is 6.10 Å². The second-order valence-corrected chi connectivity index (χ2v) is 14.7. The number of aliphatic hydroxyl groups is 1. The van der Waals surface area contributed by atoms with Crippen LogP contribution in [0.3, 0.4) is 0 Å². The Labute approximate surface area is 200 Å². The Balaban J connectivity index is 1.57. The molecule has 28 heavy (non-hydrogen) atoms. The molecule has 8 atom stereocenters. The summed E-state index contributed by atoms with van der Waals surface area (Å²) < 4.78 is 0.982. The SMILES string of the molecule is CCCCCC(C)C1(I)CCC2C3CC=C4CC(O)CCC4(C)C3CCC21I.